The average Bonchev–Trinajstić information content (AvgIpc) is 3.25. The minimum atomic E-state index is 0.188. The van der Waals surface area contributed by atoms with Crippen LogP contribution in [0.1, 0.15) is 28.3 Å². The van der Waals surface area contributed by atoms with Gasteiger partial charge in [-0.15, -0.1) is 0 Å². The standard InChI is InChI=1S/C25H22N2/c1-17-24(20-13-7-9-15-23(20)27(17)2)25(18-10-4-3-5-11-18)21-16-26-22-14-8-6-12-19(21)22/h3-16,25-26H,1-2H3. The van der Waals surface area contributed by atoms with Crippen molar-refractivity contribution in [3.05, 3.63) is 107 Å². The fourth-order valence-electron chi connectivity index (χ4n) is 4.39. The average molecular weight is 350 g/mol. The zero-order valence-corrected chi connectivity index (χ0v) is 15.6. The second-order valence-corrected chi connectivity index (χ2v) is 7.21. The highest BCUT2D eigenvalue weighted by atomic mass is 14.9. The maximum Gasteiger partial charge on any atom is 0.0483 e. The molecule has 5 aromatic rings. The molecule has 0 bridgehead atoms. The molecule has 2 nitrogen and oxygen atoms in total. The molecule has 1 unspecified atom stereocenters. The molecule has 2 heterocycles. The number of H-pyrrole nitrogens is 1. The summed E-state index contributed by atoms with van der Waals surface area (Å²) >= 11 is 0. The number of aryl methyl sites for hydroxylation is 1. The smallest absolute Gasteiger partial charge is 0.0483 e. The van der Waals surface area contributed by atoms with Gasteiger partial charge in [-0.05, 0) is 35.7 Å². The van der Waals surface area contributed by atoms with Crippen molar-refractivity contribution in [1.82, 2.24) is 9.55 Å². The Morgan fingerprint density at radius 3 is 2.26 bits per heavy atom. The number of para-hydroxylation sites is 2. The van der Waals surface area contributed by atoms with Gasteiger partial charge in [0.15, 0.2) is 0 Å². The Hall–Kier alpha value is -3.26. The van der Waals surface area contributed by atoms with Crippen molar-refractivity contribution in [2.24, 2.45) is 7.05 Å². The molecule has 0 amide bonds. The monoisotopic (exact) mass is 350 g/mol. The van der Waals surface area contributed by atoms with E-state index in [2.05, 4.69) is 109 Å². The largest absolute Gasteiger partial charge is 0.361 e. The molecule has 3 aromatic carbocycles. The van der Waals surface area contributed by atoms with Crippen LogP contribution in [0.15, 0.2) is 85.1 Å². The molecule has 2 aromatic heterocycles. The van der Waals surface area contributed by atoms with E-state index in [1.165, 1.54) is 44.2 Å². The van der Waals surface area contributed by atoms with Crippen molar-refractivity contribution < 1.29 is 0 Å². The van der Waals surface area contributed by atoms with E-state index in [1.54, 1.807) is 0 Å². The van der Waals surface area contributed by atoms with Gasteiger partial charge < -0.3 is 9.55 Å². The molecule has 0 saturated carbocycles. The molecule has 0 aliphatic heterocycles. The normalized spacial score (nSPS) is 12.7. The highest BCUT2D eigenvalue weighted by Gasteiger charge is 2.25. The van der Waals surface area contributed by atoms with Gasteiger partial charge in [-0.1, -0.05) is 66.7 Å². The van der Waals surface area contributed by atoms with Crippen molar-refractivity contribution in [3.8, 4) is 0 Å². The molecule has 0 radical (unpaired) electrons. The van der Waals surface area contributed by atoms with Crippen molar-refractivity contribution >= 4 is 21.8 Å². The van der Waals surface area contributed by atoms with Crippen LogP contribution in [0.3, 0.4) is 0 Å². The lowest BCUT2D eigenvalue weighted by Crippen LogP contribution is -2.05. The Kier molecular flexibility index (Phi) is 3.64. The summed E-state index contributed by atoms with van der Waals surface area (Å²) in [4.78, 5) is 3.48. The second kappa shape index (κ2) is 6.17. The van der Waals surface area contributed by atoms with Crippen LogP contribution >= 0.6 is 0 Å². The SMILES string of the molecule is Cc1c(C(c2ccccc2)c2c[nH]c3ccccc23)c2ccccc2n1C. The maximum absolute atomic E-state index is 3.48. The Morgan fingerprint density at radius 2 is 1.44 bits per heavy atom. The van der Waals surface area contributed by atoms with Crippen LogP contribution in [-0.2, 0) is 7.05 Å². The molecule has 1 N–H and O–H groups in total. The van der Waals surface area contributed by atoms with Gasteiger partial charge in [0.2, 0.25) is 0 Å². The van der Waals surface area contributed by atoms with E-state index in [1.807, 2.05) is 0 Å². The van der Waals surface area contributed by atoms with Crippen LogP contribution in [-0.4, -0.2) is 9.55 Å². The highest BCUT2D eigenvalue weighted by Crippen LogP contribution is 2.41. The zero-order chi connectivity index (χ0) is 18.4. The molecule has 0 aliphatic rings. The third-order valence-electron chi connectivity index (χ3n) is 5.80. The van der Waals surface area contributed by atoms with E-state index < -0.39 is 0 Å². The van der Waals surface area contributed by atoms with Gasteiger partial charge in [-0.3, -0.25) is 0 Å². The molecule has 27 heavy (non-hydrogen) atoms. The first-order valence-corrected chi connectivity index (χ1v) is 9.40. The molecule has 0 fully saturated rings. The van der Waals surface area contributed by atoms with E-state index >= 15 is 0 Å². The summed E-state index contributed by atoms with van der Waals surface area (Å²) < 4.78 is 2.31. The number of aromatic nitrogens is 2. The van der Waals surface area contributed by atoms with Gasteiger partial charge in [0.05, 0.1) is 0 Å². The number of nitrogens with one attached hydrogen (secondary N) is 1. The zero-order valence-electron chi connectivity index (χ0n) is 15.6. The molecule has 132 valence electrons. The number of nitrogens with zero attached hydrogens (tertiary/aromatic N) is 1. The third kappa shape index (κ3) is 2.41. The fraction of sp³-hybridized carbons (Fsp3) is 0.120. The molecule has 0 spiro atoms. The van der Waals surface area contributed by atoms with E-state index in [0.29, 0.717) is 0 Å². The molecular formula is C25H22N2. The molecule has 2 heteroatoms. The van der Waals surface area contributed by atoms with Crippen LogP contribution < -0.4 is 0 Å². The van der Waals surface area contributed by atoms with Gasteiger partial charge >= 0.3 is 0 Å². The lowest BCUT2D eigenvalue weighted by Gasteiger charge is -2.19. The van der Waals surface area contributed by atoms with Gasteiger partial charge in [0.25, 0.3) is 0 Å². The summed E-state index contributed by atoms with van der Waals surface area (Å²) in [5.74, 6) is 0.188. The summed E-state index contributed by atoms with van der Waals surface area (Å²) in [5, 5.41) is 2.62. The Balaban J connectivity index is 1.87. The molecule has 5 rings (SSSR count). The minimum absolute atomic E-state index is 0.188. The lowest BCUT2D eigenvalue weighted by atomic mass is 9.83. The topological polar surface area (TPSA) is 20.7 Å². The van der Waals surface area contributed by atoms with Crippen molar-refractivity contribution in [1.29, 1.82) is 0 Å². The second-order valence-electron chi connectivity index (χ2n) is 7.21. The van der Waals surface area contributed by atoms with E-state index in [4.69, 9.17) is 0 Å². The number of hydrogen-bond donors (Lipinski definition) is 1. The Labute approximate surface area is 159 Å². The van der Waals surface area contributed by atoms with E-state index in [-0.39, 0.29) is 5.92 Å². The summed E-state index contributed by atoms with van der Waals surface area (Å²) in [6, 6.07) is 28.2. The van der Waals surface area contributed by atoms with Crippen LogP contribution in [0.25, 0.3) is 21.8 Å². The molecule has 1 atom stereocenters. The van der Waals surface area contributed by atoms with Crippen molar-refractivity contribution in [2.75, 3.05) is 0 Å². The van der Waals surface area contributed by atoms with Crippen LogP contribution in [0.4, 0.5) is 0 Å². The highest BCUT2D eigenvalue weighted by molar-refractivity contribution is 5.90. The number of aromatic amines is 1. The first-order chi connectivity index (χ1) is 13.3. The van der Waals surface area contributed by atoms with Gasteiger partial charge in [0, 0.05) is 46.7 Å². The van der Waals surface area contributed by atoms with Crippen LogP contribution in [0.5, 0.6) is 0 Å². The van der Waals surface area contributed by atoms with Crippen LogP contribution in [0, 0.1) is 6.92 Å². The van der Waals surface area contributed by atoms with Gasteiger partial charge in [-0.2, -0.15) is 0 Å². The van der Waals surface area contributed by atoms with E-state index in [0.717, 1.165) is 0 Å². The summed E-state index contributed by atoms with van der Waals surface area (Å²) in [7, 11) is 2.17. The summed E-state index contributed by atoms with van der Waals surface area (Å²) in [6.07, 6.45) is 2.18. The lowest BCUT2D eigenvalue weighted by molar-refractivity contribution is 0.880. The number of rotatable bonds is 3. The van der Waals surface area contributed by atoms with Crippen molar-refractivity contribution in [3.63, 3.8) is 0 Å². The van der Waals surface area contributed by atoms with Gasteiger partial charge in [-0.25, -0.2) is 0 Å². The number of benzene rings is 3. The minimum Gasteiger partial charge on any atom is -0.361 e. The molecule has 0 saturated heterocycles. The first-order valence-electron chi connectivity index (χ1n) is 9.40. The number of fused-ring (bicyclic) bond motifs is 2. The van der Waals surface area contributed by atoms with Crippen molar-refractivity contribution in [2.45, 2.75) is 12.8 Å². The maximum atomic E-state index is 3.48. The predicted octanol–water partition coefficient (Wildman–Crippen LogP) is 6.15. The summed E-state index contributed by atoms with van der Waals surface area (Å²) in [5.41, 5.74) is 7.83. The third-order valence-corrected chi connectivity index (χ3v) is 5.80. The Bertz CT molecular complexity index is 1240. The quantitative estimate of drug-likeness (QED) is 0.403. The van der Waals surface area contributed by atoms with E-state index in [9.17, 15) is 0 Å². The van der Waals surface area contributed by atoms with Crippen LogP contribution in [0.2, 0.25) is 0 Å². The molecular weight excluding hydrogens is 328 g/mol. The molecule has 0 aliphatic carbocycles. The van der Waals surface area contributed by atoms with Gasteiger partial charge in [0.1, 0.15) is 0 Å². The fourth-order valence-corrected chi connectivity index (χ4v) is 4.39. The Morgan fingerprint density at radius 1 is 0.778 bits per heavy atom. The number of hydrogen-bond acceptors (Lipinski definition) is 0. The predicted molar refractivity (Wildman–Crippen MR) is 113 cm³/mol. The first kappa shape index (κ1) is 16.0. The summed E-state index contributed by atoms with van der Waals surface area (Å²) in [6.45, 7) is 2.24.